The molecule has 2 aromatic rings. The molecular weight excluding hydrogens is 316 g/mol. The van der Waals surface area contributed by atoms with Gasteiger partial charge in [0.1, 0.15) is 6.61 Å². The number of carbonyl (C=O) groups excluding carboxylic acids is 1. The summed E-state index contributed by atoms with van der Waals surface area (Å²) in [4.78, 5) is 12.4. The lowest BCUT2D eigenvalue weighted by Gasteiger charge is -2.11. The lowest BCUT2D eigenvalue weighted by molar-refractivity contribution is 0.104. The van der Waals surface area contributed by atoms with Crippen LogP contribution in [0.15, 0.2) is 48.5 Å². The molecule has 0 atom stereocenters. The fourth-order valence-corrected chi connectivity index (χ4v) is 2.31. The van der Waals surface area contributed by atoms with Crippen molar-refractivity contribution in [2.45, 2.75) is 13.3 Å². The van der Waals surface area contributed by atoms with Crippen molar-refractivity contribution in [2.24, 2.45) is 0 Å². The van der Waals surface area contributed by atoms with Crippen LogP contribution in [0.4, 0.5) is 0 Å². The van der Waals surface area contributed by atoms with E-state index < -0.39 is 0 Å². The van der Waals surface area contributed by atoms with Crippen molar-refractivity contribution < 1.29 is 19.0 Å². The second kappa shape index (κ2) is 9.64. The first-order chi connectivity index (χ1) is 12.2. The molecule has 0 aliphatic heterocycles. The van der Waals surface area contributed by atoms with E-state index in [2.05, 4.69) is 19.1 Å². The van der Waals surface area contributed by atoms with Crippen LogP contribution in [0.1, 0.15) is 28.4 Å². The standard InChI is InChI=1S/C21H24O4/c1-4-16-5-7-17(8-6-16)9-11-19(22)18-10-12-20(21(15-18)24-3)25-14-13-23-2/h5-12,15H,4,13-14H2,1-3H3/b11-9+. The lowest BCUT2D eigenvalue weighted by Crippen LogP contribution is -2.06. The van der Waals surface area contributed by atoms with Crippen molar-refractivity contribution in [3.05, 3.63) is 65.2 Å². The Kier molecular flexibility index (Phi) is 7.23. The van der Waals surface area contributed by atoms with E-state index >= 15 is 0 Å². The molecule has 4 nitrogen and oxygen atoms in total. The summed E-state index contributed by atoms with van der Waals surface area (Å²) in [5.41, 5.74) is 2.83. The Labute approximate surface area is 149 Å². The van der Waals surface area contributed by atoms with Crippen LogP contribution in [-0.4, -0.2) is 33.2 Å². The summed E-state index contributed by atoms with van der Waals surface area (Å²) >= 11 is 0. The molecule has 0 heterocycles. The summed E-state index contributed by atoms with van der Waals surface area (Å²) in [6.07, 6.45) is 4.39. The molecule has 0 unspecified atom stereocenters. The summed E-state index contributed by atoms with van der Waals surface area (Å²) in [6, 6.07) is 13.3. The first kappa shape index (κ1) is 18.7. The predicted molar refractivity (Wildman–Crippen MR) is 99.5 cm³/mol. The van der Waals surface area contributed by atoms with Gasteiger partial charge < -0.3 is 14.2 Å². The number of methoxy groups -OCH3 is 2. The second-order valence-electron chi connectivity index (χ2n) is 5.50. The van der Waals surface area contributed by atoms with Crippen molar-refractivity contribution >= 4 is 11.9 Å². The number of ketones is 1. The van der Waals surface area contributed by atoms with Gasteiger partial charge in [0.2, 0.25) is 0 Å². The molecule has 0 saturated heterocycles. The molecule has 0 fully saturated rings. The van der Waals surface area contributed by atoms with Gasteiger partial charge in [-0.05, 0) is 41.8 Å². The van der Waals surface area contributed by atoms with Crippen molar-refractivity contribution in [3.63, 3.8) is 0 Å². The zero-order chi connectivity index (χ0) is 18.1. The minimum absolute atomic E-state index is 0.0821. The van der Waals surface area contributed by atoms with Crippen LogP contribution in [0.2, 0.25) is 0 Å². The number of ether oxygens (including phenoxy) is 3. The third-order valence-electron chi connectivity index (χ3n) is 3.81. The Hall–Kier alpha value is -2.59. The molecule has 0 N–H and O–H groups in total. The van der Waals surface area contributed by atoms with E-state index in [0.29, 0.717) is 30.3 Å². The van der Waals surface area contributed by atoms with Crippen LogP contribution in [-0.2, 0) is 11.2 Å². The summed E-state index contributed by atoms with van der Waals surface area (Å²) in [6.45, 7) is 3.03. The fraction of sp³-hybridized carbons (Fsp3) is 0.286. The monoisotopic (exact) mass is 340 g/mol. The maximum Gasteiger partial charge on any atom is 0.185 e. The highest BCUT2D eigenvalue weighted by atomic mass is 16.5. The van der Waals surface area contributed by atoms with Crippen LogP contribution in [0, 0.1) is 0 Å². The van der Waals surface area contributed by atoms with Gasteiger partial charge in [0, 0.05) is 12.7 Å². The van der Waals surface area contributed by atoms with Gasteiger partial charge >= 0.3 is 0 Å². The quantitative estimate of drug-likeness (QED) is 0.390. The van der Waals surface area contributed by atoms with Crippen LogP contribution in [0.5, 0.6) is 11.5 Å². The highest BCUT2D eigenvalue weighted by Crippen LogP contribution is 2.28. The van der Waals surface area contributed by atoms with E-state index in [-0.39, 0.29) is 5.78 Å². The van der Waals surface area contributed by atoms with Gasteiger partial charge in [-0.1, -0.05) is 37.3 Å². The lowest BCUT2D eigenvalue weighted by atomic mass is 10.1. The van der Waals surface area contributed by atoms with Crippen molar-refractivity contribution in [1.82, 2.24) is 0 Å². The maximum atomic E-state index is 12.4. The summed E-state index contributed by atoms with van der Waals surface area (Å²) in [5.74, 6) is 1.04. The third kappa shape index (κ3) is 5.47. The molecule has 4 heteroatoms. The van der Waals surface area contributed by atoms with Gasteiger partial charge in [0.15, 0.2) is 17.3 Å². The minimum Gasteiger partial charge on any atom is -0.493 e. The van der Waals surface area contributed by atoms with Gasteiger partial charge in [-0.25, -0.2) is 0 Å². The molecule has 0 aliphatic rings. The predicted octanol–water partition coefficient (Wildman–Crippen LogP) is 4.18. The van der Waals surface area contributed by atoms with Crippen molar-refractivity contribution in [3.8, 4) is 11.5 Å². The van der Waals surface area contributed by atoms with Crippen LogP contribution >= 0.6 is 0 Å². The largest absolute Gasteiger partial charge is 0.493 e. The van der Waals surface area contributed by atoms with E-state index in [1.165, 1.54) is 5.56 Å². The van der Waals surface area contributed by atoms with E-state index in [1.54, 1.807) is 38.5 Å². The van der Waals surface area contributed by atoms with Gasteiger partial charge in [-0.2, -0.15) is 0 Å². The molecule has 2 rings (SSSR count). The first-order valence-corrected chi connectivity index (χ1v) is 8.29. The van der Waals surface area contributed by atoms with E-state index in [0.717, 1.165) is 12.0 Å². The SMILES string of the molecule is CCc1ccc(/C=C/C(=O)c2ccc(OCCOC)c(OC)c2)cc1. The van der Waals surface area contributed by atoms with E-state index in [9.17, 15) is 4.79 Å². The zero-order valence-corrected chi connectivity index (χ0v) is 15.0. The number of rotatable bonds is 9. The Morgan fingerprint density at radius 1 is 1.00 bits per heavy atom. The van der Waals surface area contributed by atoms with Crippen LogP contribution < -0.4 is 9.47 Å². The molecule has 2 aromatic carbocycles. The van der Waals surface area contributed by atoms with Crippen molar-refractivity contribution in [1.29, 1.82) is 0 Å². The smallest absolute Gasteiger partial charge is 0.185 e. The minimum atomic E-state index is -0.0821. The zero-order valence-electron chi connectivity index (χ0n) is 15.0. The third-order valence-corrected chi connectivity index (χ3v) is 3.81. The van der Waals surface area contributed by atoms with E-state index in [4.69, 9.17) is 14.2 Å². The Morgan fingerprint density at radius 2 is 1.76 bits per heavy atom. The molecular formula is C21H24O4. The maximum absolute atomic E-state index is 12.4. The molecule has 0 aliphatic carbocycles. The molecule has 0 radical (unpaired) electrons. The van der Waals surface area contributed by atoms with Gasteiger partial charge in [-0.3, -0.25) is 4.79 Å². The first-order valence-electron chi connectivity index (χ1n) is 8.29. The fourth-order valence-electron chi connectivity index (χ4n) is 2.31. The number of benzene rings is 2. The molecule has 0 amide bonds. The summed E-state index contributed by atoms with van der Waals surface area (Å²) < 4.78 is 15.8. The number of allylic oxidation sites excluding steroid dienone is 1. The Morgan fingerprint density at radius 3 is 2.40 bits per heavy atom. The molecule has 0 saturated carbocycles. The highest BCUT2D eigenvalue weighted by Gasteiger charge is 2.09. The van der Waals surface area contributed by atoms with Gasteiger partial charge in [0.25, 0.3) is 0 Å². The average molecular weight is 340 g/mol. The van der Waals surface area contributed by atoms with Gasteiger partial charge in [0.05, 0.1) is 13.7 Å². The molecule has 0 aromatic heterocycles. The highest BCUT2D eigenvalue weighted by molar-refractivity contribution is 6.07. The summed E-state index contributed by atoms with van der Waals surface area (Å²) in [5, 5.41) is 0. The molecule has 0 spiro atoms. The van der Waals surface area contributed by atoms with Gasteiger partial charge in [-0.15, -0.1) is 0 Å². The summed E-state index contributed by atoms with van der Waals surface area (Å²) in [7, 11) is 3.17. The number of carbonyl (C=O) groups is 1. The second-order valence-corrected chi connectivity index (χ2v) is 5.50. The van der Waals surface area contributed by atoms with Crippen LogP contribution in [0.3, 0.4) is 0 Å². The molecule has 25 heavy (non-hydrogen) atoms. The van der Waals surface area contributed by atoms with E-state index in [1.807, 2.05) is 18.2 Å². The topological polar surface area (TPSA) is 44.8 Å². The number of aryl methyl sites for hydroxylation is 1. The number of hydrogen-bond donors (Lipinski definition) is 0. The van der Waals surface area contributed by atoms with Crippen molar-refractivity contribution in [2.75, 3.05) is 27.4 Å². The average Bonchev–Trinajstić information content (AvgIpc) is 2.66. The molecule has 0 bridgehead atoms. The Bertz CT molecular complexity index is 717. The number of hydrogen-bond acceptors (Lipinski definition) is 4. The van der Waals surface area contributed by atoms with Crippen LogP contribution in [0.25, 0.3) is 6.08 Å². The Balaban J connectivity index is 2.08. The normalized spacial score (nSPS) is 10.8. The molecule has 132 valence electrons.